The second-order valence-electron chi connectivity index (χ2n) is 7.58. The third-order valence-corrected chi connectivity index (χ3v) is 5.13. The van der Waals surface area contributed by atoms with Crippen LogP contribution < -0.4 is 5.56 Å². The molecule has 0 unspecified atom stereocenters. The second kappa shape index (κ2) is 9.26. The number of hydrogen-bond acceptors (Lipinski definition) is 4. The van der Waals surface area contributed by atoms with Gasteiger partial charge in [-0.1, -0.05) is 37.6 Å². The molecule has 0 fully saturated rings. The fourth-order valence-corrected chi connectivity index (χ4v) is 3.53. The van der Waals surface area contributed by atoms with E-state index in [2.05, 4.69) is 28.9 Å². The van der Waals surface area contributed by atoms with E-state index in [0.29, 0.717) is 40.9 Å². The van der Waals surface area contributed by atoms with Gasteiger partial charge in [-0.05, 0) is 38.0 Å². The molecule has 0 saturated carbocycles. The molecule has 0 aliphatic rings. The number of likely N-dealkylation sites (N-methyl/N-ethyl adjacent to an activating group) is 1. The molecule has 0 radical (unpaired) electrons. The lowest BCUT2D eigenvalue weighted by molar-refractivity contribution is -0.126. The standard InChI is InChI=1S/C22H26ClN5O2/c1-5-27(13-19-24-18-9-7-6-8-17(18)22(30)25-19)20(29)11-10-16-15(4)26-28(21(16)23)12-14(2)3/h6-11,14H,5,12-13H2,1-4H3,(H,24,25,30). The Kier molecular flexibility index (Phi) is 6.72. The molecular weight excluding hydrogens is 402 g/mol. The summed E-state index contributed by atoms with van der Waals surface area (Å²) in [6.07, 6.45) is 3.18. The first kappa shape index (κ1) is 21.8. The highest BCUT2D eigenvalue weighted by molar-refractivity contribution is 6.31. The number of rotatable bonds is 7. The summed E-state index contributed by atoms with van der Waals surface area (Å²) in [4.78, 5) is 33.9. The number of hydrogen-bond donors (Lipinski definition) is 1. The lowest BCUT2D eigenvalue weighted by atomic mass is 10.2. The Bertz CT molecular complexity index is 1150. The molecule has 8 heteroatoms. The van der Waals surface area contributed by atoms with Crippen LogP contribution >= 0.6 is 11.6 Å². The van der Waals surface area contributed by atoms with E-state index in [1.807, 2.05) is 19.9 Å². The lowest BCUT2D eigenvalue weighted by Crippen LogP contribution is -2.30. The Labute approximate surface area is 180 Å². The van der Waals surface area contributed by atoms with Crippen molar-refractivity contribution in [2.45, 2.75) is 40.8 Å². The van der Waals surface area contributed by atoms with Crippen LogP contribution in [-0.2, 0) is 17.9 Å². The topological polar surface area (TPSA) is 83.9 Å². The first-order valence-electron chi connectivity index (χ1n) is 9.98. The maximum Gasteiger partial charge on any atom is 0.258 e. The number of aryl methyl sites for hydroxylation is 1. The molecule has 0 saturated heterocycles. The lowest BCUT2D eigenvalue weighted by Gasteiger charge is -2.18. The van der Waals surface area contributed by atoms with Crippen LogP contribution in [0.1, 0.15) is 37.9 Å². The second-order valence-corrected chi connectivity index (χ2v) is 7.94. The molecule has 30 heavy (non-hydrogen) atoms. The van der Waals surface area contributed by atoms with Gasteiger partial charge in [-0.2, -0.15) is 5.10 Å². The fourth-order valence-electron chi connectivity index (χ4n) is 3.22. The van der Waals surface area contributed by atoms with Crippen LogP contribution in [0, 0.1) is 12.8 Å². The molecule has 0 aliphatic carbocycles. The Morgan fingerprint density at radius 3 is 2.77 bits per heavy atom. The van der Waals surface area contributed by atoms with Gasteiger partial charge >= 0.3 is 0 Å². The van der Waals surface area contributed by atoms with Gasteiger partial charge in [0.15, 0.2) is 0 Å². The van der Waals surface area contributed by atoms with Crippen molar-refractivity contribution in [3.8, 4) is 0 Å². The van der Waals surface area contributed by atoms with Crippen LogP contribution in [0.3, 0.4) is 0 Å². The summed E-state index contributed by atoms with van der Waals surface area (Å²) < 4.78 is 1.76. The molecule has 1 aromatic carbocycles. The Hall–Kier alpha value is -2.93. The van der Waals surface area contributed by atoms with E-state index in [0.717, 1.165) is 11.3 Å². The molecule has 1 N–H and O–H groups in total. The van der Waals surface area contributed by atoms with Crippen LogP contribution in [0.15, 0.2) is 35.1 Å². The number of amides is 1. The quantitative estimate of drug-likeness (QED) is 0.581. The predicted molar refractivity (Wildman–Crippen MR) is 119 cm³/mol. The van der Waals surface area contributed by atoms with Crippen molar-refractivity contribution in [1.29, 1.82) is 0 Å². The fraction of sp³-hybridized carbons (Fsp3) is 0.364. The first-order chi connectivity index (χ1) is 14.3. The number of aromatic amines is 1. The minimum atomic E-state index is -0.213. The smallest absolute Gasteiger partial charge is 0.258 e. The molecule has 0 aliphatic heterocycles. The summed E-state index contributed by atoms with van der Waals surface area (Å²) in [5.41, 5.74) is 1.90. The number of aromatic nitrogens is 4. The van der Waals surface area contributed by atoms with Crippen LogP contribution in [0.25, 0.3) is 17.0 Å². The van der Waals surface area contributed by atoms with Crippen molar-refractivity contribution in [3.63, 3.8) is 0 Å². The highest BCUT2D eigenvalue weighted by Gasteiger charge is 2.15. The van der Waals surface area contributed by atoms with E-state index in [4.69, 9.17) is 11.6 Å². The first-order valence-corrected chi connectivity index (χ1v) is 10.4. The molecular formula is C22H26ClN5O2. The van der Waals surface area contributed by atoms with Gasteiger partial charge < -0.3 is 9.88 Å². The number of para-hydroxylation sites is 1. The van der Waals surface area contributed by atoms with Crippen molar-refractivity contribution in [1.82, 2.24) is 24.6 Å². The molecule has 0 atom stereocenters. The third-order valence-electron chi connectivity index (χ3n) is 4.74. The summed E-state index contributed by atoms with van der Waals surface area (Å²) >= 11 is 6.45. The third kappa shape index (κ3) is 4.79. The Balaban J connectivity index is 1.79. The summed E-state index contributed by atoms with van der Waals surface area (Å²) in [5.74, 6) is 0.661. The number of benzene rings is 1. The van der Waals surface area contributed by atoms with Crippen molar-refractivity contribution < 1.29 is 4.79 Å². The maximum absolute atomic E-state index is 12.8. The molecule has 3 aromatic rings. The highest BCUT2D eigenvalue weighted by atomic mass is 35.5. The Morgan fingerprint density at radius 2 is 2.07 bits per heavy atom. The van der Waals surface area contributed by atoms with Gasteiger partial charge in [0, 0.05) is 24.7 Å². The van der Waals surface area contributed by atoms with Crippen LogP contribution in [0.4, 0.5) is 0 Å². The molecule has 0 spiro atoms. The van der Waals surface area contributed by atoms with Crippen molar-refractivity contribution in [2.75, 3.05) is 6.54 Å². The monoisotopic (exact) mass is 427 g/mol. The highest BCUT2D eigenvalue weighted by Crippen LogP contribution is 2.22. The zero-order valence-corrected chi connectivity index (χ0v) is 18.4. The van der Waals surface area contributed by atoms with Crippen molar-refractivity contribution >= 4 is 34.5 Å². The minimum absolute atomic E-state index is 0.194. The average Bonchev–Trinajstić information content (AvgIpc) is 2.96. The molecule has 2 heterocycles. The number of fused-ring (bicyclic) bond motifs is 1. The number of H-pyrrole nitrogens is 1. The predicted octanol–water partition coefficient (Wildman–Crippen LogP) is 3.80. The van der Waals surface area contributed by atoms with Crippen LogP contribution in [0.5, 0.6) is 0 Å². The van der Waals surface area contributed by atoms with Crippen molar-refractivity contribution in [2.24, 2.45) is 5.92 Å². The number of halogens is 1. The molecule has 158 valence electrons. The zero-order valence-electron chi connectivity index (χ0n) is 17.6. The normalized spacial score (nSPS) is 11.7. The Morgan fingerprint density at radius 1 is 1.33 bits per heavy atom. The van der Waals surface area contributed by atoms with Crippen molar-refractivity contribution in [3.05, 3.63) is 62.9 Å². The van der Waals surface area contributed by atoms with E-state index in [9.17, 15) is 9.59 Å². The zero-order chi connectivity index (χ0) is 21.8. The average molecular weight is 428 g/mol. The molecule has 1 amide bonds. The van der Waals surface area contributed by atoms with E-state index >= 15 is 0 Å². The van der Waals surface area contributed by atoms with E-state index < -0.39 is 0 Å². The van der Waals surface area contributed by atoms with Gasteiger partial charge in [0.1, 0.15) is 11.0 Å². The van der Waals surface area contributed by atoms with Gasteiger partial charge in [-0.15, -0.1) is 0 Å². The van der Waals surface area contributed by atoms with Gasteiger partial charge in [-0.25, -0.2) is 4.98 Å². The van der Waals surface area contributed by atoms with E-state index in [1.165, 1.54) is 6.08 Å². The molecule has 3 rings (SSSR count). The number of nitrogens with one attached hydrogen (secondary N) is 1. The van der Waals surface area contributed by atoms with Crippen LogP contribution in [-0.4, -0.2) is 37.1 Å². The molecule has 7 nitrogen and oxygen atoms in total. The van der Waals surface area contributed by atoms with Gasteiger partial charge in [0.2, 0.25) is 5.91 Å². The number of nitrogens with zero attached hydrogens (tertiary/aromatic N) is 4. The van der Waals surface area contributed by atoms with E-state index in [-0.39, 0.29) is 18.0 Å². The summed E-state index contributed by atoms with van der Waals surface area (Å²) in [6.45, 7) is 9.33. The number of carbonyl (C=O) groups is 1. The molecule has 2 aromatic heterocycles. The SMILES string of the molecule is CCN(Cc1nc2ccccc2c(=O)[nH]1)C(=O)C=Cc1c(C)nn(CC(C)C)c1Cl. The maximum atomic E-state index is 12.8. The summed E-state index contributed by atoms with van der Waals surface area (Å²) in [6, 6.07) is 7.13. The van der Waals surface area contributed by atoms with Gasteiger partial charge in [0.05, 0.1) is 23.1 Å². The largest absolute Gasteiger partial charge is 0.332 e. The van der Waals surface area contributed by atoms with Gasteiger partial charge in [0.25, 0.3) is 5.56 Å². The summed E-state index contributed by atoms with van der Waals surface area (Å²) in [7, 11) is 0. The minimum Gasteiger partial charge on any atom is -0.332 e. The van der Waals surface area contributed by atoms with Gasteiger partial charge in [-0.3, -0.25) is 14.3 Å². The van der Waals surface area contributed by atoms with Crippen LogP contribution in [0.2, 0.25) is 5.15 Å². The van der Waals surface area contributed by atoms with E-state index in [1.54, 1.807) is 33.9 Å². The summed E-state index contributed by atoms with van der Waals surface area (Å²) in [5, 5.41) is 5.51. The number of carbonyl (C=O) groups excluding carboxylic acids is 1. The molecule has 0 bridgehead atoms.